The highest BCUT2D eigenvalue weighted by Gasteiger charge is 2.29. The average molecular weight is 527 g/mol. The molecule has 0 aliphatic carbocycles. The highest BCUT2D eigenvalue weighted by Crippen LogP contribution is 2.39. The van der Waals surface area contributed by atoms with E-state index in [2.05, 4.69) is 44.7 Å². The van der Waals surface area contributed by atoms with Crippen molar-refractivity contribution in [2.24, 2.45) is 0 Å². The lowest BCUT2D eigenvalue weighted by Gasteiger charge is -2.34. The molecule has 1 aliphatic heterocycles. The fourth-order valence-electron chi connectivity index (χ4n) is 5.07. The molecule has 186 valence electrons. The lowest BCUT2D eigenvalue weighted by molar-refractivity contribution is -0.113. The van der Waals surface area contributed by atoms with Crippen LogP contribution in [0.15, 0.2) is 76.2 Å². The van der Waals surface area contributed by atoms with E-state index in [9.17, 15) is 4.79 Å². The van der Waals surface area contributed by atoms with Gasteiger partial charge in [-0.3, -0.25) is 9.88 Å². The molecule has 1 fully saturated rings. The fraction of sp³-hybridized carbons (Fsp3) is 0.241. The number of rotatable bonds is 7. The molecule has 37 heavy (non-hydrogen) atoms. The summed E-state index contributed by atoms with van der Waals surface area (Å²) >= 11 is 3.35. The predicted molar refractivity (Wildman–Crippen MR) is 148 cm³/mol. The molecule has 8 heteroatoms. The minimum Gasteiger partial charge on any atom is -0.360 e. The Hall–Kier alpha value is -3.46. The van der Waals surface area contributed by atoms with E-state index in [-0.39, 0.29) is 6.04 Å². The number of hydrogen-bond donors (Lipinski definition) is 0. The quantitative estimate of drug-likeness (QED) is 0.212. The first-order valence-corrected chi connectivity index (χ1v) is 14.1. The molecule has 5 heterocycles. The van der Waals surface area contributed by atoms with Crippen molar-refractivity contribution in [3.8, 4) is 33.6 Å². The van der Waals surface area contributed by atoms with Crippen LogP contribution in [0.1, 0.15) is 40.4 Å². The third-order valence-electron chi connectivity index (χ3n) is 7.03. The van der Waals surface area contributed by atoms with Crippen LogP contribution < -0.4 is 0 Å². The molecule has 4 aromatic heterocycles. The standard InChI is InChI=1S/C29H26N4O2S2/c1-19-27(28(32-35-19)23-5-2-4-22(16-23)20-7-11-30-12-8-20)24-18-37-29(31-24)21-9-13-33(14-10-21)25(17-34)26-6-3-15-36-26/h2-8,11-12,15-18,21,25H,9-10,13-14H2,1H3. The lowest BCUT2D eigenvalue weighted by atomic mass is 9.96. The summed E-state index contributed by atoms with van der Waals surface area (Å²) in [6.07, 6.45) is 6.66. The van der Waals surface area contributed by atoms with Crippen LogP contribution in [-0.2, 0) is 4.79 Å². The van der Waals surface area contributed by atoms with Crippen molar-refractivity contribution in [3.63, 3.8) is 0 Å². The number of hydrogen-bond acceptors (Lipinski definition) is 8. The second-order valence-corrected chi connectivity index (χ2v) is 11.1. The number of aldehydes is 1. The number of likely N-dealkylation sites (tertiary alicyclic amines) is 1. The van der Waals surface area contributed by atoms with Gasteiger partial charge in [0.2, 0.25) is 0 Å². The molecule has 0 saturated carbocycles. The first kappa shape index (κ1) is 23.9. The second kappa shape index (κ2) is 10.5. The molecule has 6 nitrogen and oxygen atoms in total. The number of thiazole rings is 1. The van der Waals surface area contributed by atoms with Gasteiger partial charge in [-0.25, -0.2) is 4.98 Å². The van der Waals surface area contributed by atoms with E-state index in [1.54, 1.807) is 35.1 Å². The van der Waals surface area contributed by atoms with Gasteiger partial charge in [-0.05, 0) is 73.6 Å². The zero-order valence-corrected chi connectivity index (χ0v) is 22.0. The number of thiophene rings is 1. The molecular weight excluding hydrogens is 500 g/mol. The third kappa shape index (κ3) is 4.80. The summed E-state index contributed by atoms with van der Waals surface area (Å²) in [5.74, 6) is 1.16. The number of carbonyl (C=O) groups is 1. The Morgan fingerprint density at radius 3 is 2.59 bits per heavy atom. The molecule has 5 aromatic rings. The summed E-state index contributed by atoms with van der Waals surface area (Å²) in [6.45, 7) is 3.72. The molecule has 0 spiro atoms. The minimum atomic E-state index is -0.141. The van der Waals surface area contributed by atoms with Crippen LogP contribution in [0.25, 0.3) is 33.6 Å². The zero-order valence-electron chi connectivity index (χ0n) is 20.4. The van der Waals surface area contributed by atoms with Gasteiger partial charge >= 0.3 is 0 Å². The highest BCUT2D eigenvalue weighted by molar-refractivity contribution is 7.10. The van der Waals surface area contributed by atoms with E-state index in [0.29, 0.717) is 5.92 Å². The van der Waals surface area contributed by atoms with Crippen molar-refractivity contribution in [3.05, 3.63) is 87.3 Å². The molecule has 6 rings (SSSR count). The van der Waals surface area contributed by atoms with Gasteiger partial charge in [0.05, 0.1) is 16.3 Å². The summed E-state index contributed by atoms with van der Waals surface area (Å²) in [6, 6.07) is 16.3. The van der Waals surface area contributed by atoms with Crippen LogP contribution in [0.4, 0.5) is 0 Å². The number of aromatic nitrogens is 3. The predicted octanol–water partition coefficient (Wildman–Crippen LogP) is 7.02. The van der Waals surface area contributed by atoms with E-state index in [4.69, 9.17) is 9.51 Å². The van der Waals surface area contributed by atoms with Gasteiger partial charge in [0, 0.05) is 34.1 Å². The largest absolute Gasteiger partial charge is 0.360 e. The van der Waals surface area contributed by atoms with Gasteiger partial charge in [0.15, 0.2) is 0 Å². The van der Waals surface area contributed by atoms with Crippen molar-refractivity contribution in [2.45, 2.75) is 31.7 Å². The number of pyridine rings is 1. The molecule has 1 atom stereocenters. The van der Waals surface area contributed by atoms with Gasteiger partial charge in [0.1, 0.15) is 23.8 Å². The SMILES string of the molecule is Cc1onc(-c2cccc(-c3ccncc3)c2)c1-c1csc(C2CCN(C(C=O)c3cccs3)CC2)n1. The van der Waals surface area contributed by atoms with Gasteiger partial charge in [-0.1, -0.05) is 29.4 Å². The third-order valence-corrected chi connectivity index (χ3v) is 8.98. The van der Waals surface area contributed by atoms with Crippen LogP contribution in [0, 0.1) is 6.92 Å². The topological polar surface area (TPSA) is 72.1 Å². The van der Waals surface area contributed by atoms with Crippen LogP contribution in [0.3, 0.4) is 0 Å². The number of piperidine rings is 1. The molecule has 1 saturated heterocycles. The molecule has 0 N–H and O–H groups in total. The Bertz CT molecular complexity index is 1490. The smallest absolute Gasteiger partial charge is 0.143 e. The summed E-state index contributed by atoms with van der Waals surface area (Å²) in [5, 5.41) is 9.72. The summed E-state index contributed by atoms with van der Waals surface area (Å²) in [5.41, 5.74) is 5.88. The number of nitrogens with zero attached hydrogens (tertiary/aromatic N) is 4. The van der Waals surface area contributed by atoms with E-state index >= 15 is 0 Å². The van der Waals surface area contributed by atoms with Crippen LogP contribution in [0.2, 0.25) is 0 Å². The van der Waals surface area contributed by atoms with Crippen LogP contribution in [-0.4, -0.2) is 39.4 Å². The van der Waals surface area contributed by atoms with Crippen LogP contribution in [0.5, 0.6) is 0 Å². The zero-order chi connectivity index (χ0) is 25.2. The molecule has 1 aliphatic rings. The fourth-order valence-corrected chi connectivity index (χ4v) is 6.87. The number of carbonyl (C=O) groups excluding carboxylic acids is 1. The van der Waals surface area contributed by atoms with E-state index in [1.165, 1.54) is 0 Å². The minimum absolute atomic E-state index is 0.141. The second-order valence-electron chi connectivity index (χ2n) is 9.26. The first-order chi connectivity index (χ1) is 18.2. The molecule has 0 amide bonds. The maximum Gasteiger partial charge on any atom is 0.143 e. The maximum absolute atomic E-state index is 11.8. The van der Waals surface area contributed by atoms with Gasteiger partial charge < -0.3 is 9.32 Å². The normalized spacial score (nSPS) is 15.6. The van der Waals surface area contributed by atoms with Gasteiger partial charge in [-0.2, -0.15) is 0 Å². The van der Waals surface area contributed by atoms with Crippen molar-refractivity contribution in [1.82, 2.24) is 20.0 Å². The van der Waals surface area contributed by atoms with Crippen molar-refractivity contribution >= 4 is 29.0 Å². The summed E-state index contributed by atoms with van der Waals surface area (Å²) in [4.78, 5) is 24.4. The monoisotopic (exact) mass is 526 g/mol. The first-order valence-electron chi connectivity index (χ1n) is 12.4. The van der Waals surface area contributed by atoms with Crippen LogP contribution >= 0.6 is 22.7 Å². The summed E-state index contributed by atoms with van der Waals surface area (Å²) in [7, 11) is 0. The summed E-state index contributed by atoms with van der Waals surface area (Å²) < 4.78 is 5.66. The Kier molecular flexibility index (Phi) is 6.78. The van der Waals surface area contributed by atoms with E-state index in [1.807, 2.05) is 36.6 Å². The maximum atomic E-state index is 11.8. The van der Waals surface area contributed by atoms with Gasteiger partial charge in [0.25, 0.3) is 0 Å². The van der Waals surface area contributed by atoms with Crippen molar-refractivity contribution in [1.29, 1.82) is 0 Å². The highest BCUT2D eigenvalue weighted by atomic mass is 32.1. The van der Waals surface area contributed by atoms with Crippen molar-refractivity contribution < 1.29 is 9.32 Å². The molecule has 0 bridgehead atoms. The molecule has 1 unspecified atom stereocenters. The average Bonchev–Trinajstić information content (AvgIpc) is 3.72. The van der Waals surface area contributed by atoms with Crippen molar-refractivity contribution in [2.75, 3.05) is 13.1 Å². The Balaban J connectivity index is 1.22. The Morgan fingerprint density at radius 1 is 1.03 bits per heavy atom. The molecule has 0 radical (unpaired) electrons. The Morgan fingerprint density at radius 2 is 1.84 bits per heavy atom. The molecular formula is C29H26N4O2S2. The molecule has 1 aromatic carbocycles. The Labute approximate surface area is 223 Å². The van der Waals surface area contributed by atoms with E-state index in [0.717, 1.165) is 81.5 Å². The lowest BCUT2D eigenvalue weighted by Crippen LogP contribution is -2.36. The number of benzene rings is 1. The number of aryl methyl sites for hydroxylation is 1. The van der Waals surface area contributed by atoms with E-state index < -0.39 is 0 Å². The van der Waals surface area contributed by atoms with Gasteiger partial charge in [-0.15, -0.1) is 22.7 Å².